The van der Waals surface area contributed by atoms with Gasteiger partial charge < -0.3 is 10.1 Å². The van der Waals surface area contributed by atoms with Crippen molar-refractivity contribution in [2.24, 2.45) is 0 Å². The van der Waals surface area contributed by atoms with E-state index < -0.39 is 12.0 Å². The molecule has 8 heteroatoms. The van der Waals surface area contributed by atoms with Gasteiger partial charge in [-0.1, -0.05) is 59.6 Å². The van der Waals surface area contributed by atoms with Crippen molar-refractivity contribution < 1.29 is 9.53 Å². The number of aromatic nitrogens is 3. The molecule has 0 spiro atoms. The minimum Gasteiger partial charge on any atom is -0.466 e. The zero-order valence-corrected chi connectivity index (χ0v) is 16.6. The average Bonchev–Trinajstić information content (AvgIpc) is 3.11. The van der Waals surface area contributed by atoms with E-state index in [1.54, 1.807) is 29.8 Å². The number of carbonyl (C=O) groups is 1. The molecule has 0 amide bonds. The largest absolute Gasteiger partial charge is 0.466 e. The van der Waals surface area contributed by atoms with E-state index in [1.807, 2.05) is 30.3 Å². The lowest BCUT2D eigenvalue weighted by Gasteiger charge is -2.28. The molecule has 142 valence electrons. The van der Waals surface area contributed by atoms with Crippen LogP contribution in [0.4, 0.5) is 5.95 Å². The Labute approximate surface area is 171 Å². The van der Waals surface area contributed by atoms with Gasteiger partial charge in [-0.2, -0.15) is 4.98 Å². The summed E-state index contributed by atoms with van der Waals surface area (Å²) in [5, 5.41) is 8.73. The van der Waals surface area contributed by atoms with E-state index in [0.717, 1.165) is 5.56 Å². The molecule has 0 saturated carbocycles. The molecule has 1 N–H and O–H groups in total. The Hall–Kier alpha value is -2.83. The summed E-state index contributed by atoms with van der Waals surface area (Å²) in [5.41, 5.74) is 2.58. The smallest absolute Gasteiger partial charge is 0.338 e. The van der Waals surface area contributed by atoms with Crippen LogP contribution in [0.2, 0.25) is 10.0 Å². The summed E-state index contributed by atoms with van der Waals surface area (Å²) in [6.45, 7) is 1.80. The summed E-state index contributed by atoms with van der Waals surface area (Å²) in [5.74, 6) is 0.584. The minimum atomic E-state index is -0.599. The highest BCUT2D eigenvalue weighted by atomic mass is 35.5. The van der Waals surface area contributed by atoms with Crippen LogP contribution in [0.1, 0.15) is 18.5 Å². The van der Waals surface area contributed by atoms with Gasteiger partial charge in [-0.15, -0.1) is 5.10 Å². The fourth-order valence-corrected chi connectivity index (χ4v) is 3.76. The molecule has 2 aromatic carbocycles. The van der Waals surface area contributed by atoms with E-state index in [4.69, 9.17) is 27.9 Å². The van der Waals surface area contributed by atoms with Crippen LogP contribution in [0.15, 0.2) is 59.8 Å². The van der Waals surface area contributed by atoms with Crippen LogP contribution >= 0.6 is 23.2 Å². The molecule has 3 aromatic rings. The number of fused-ring (bicyclic) bond motifs is 1. The molecule has 28 heavy (non-hydrogen) atoms. The van der Waals surface area contributed by atoms with Gasteiger partial charge in [-0.25, -0.2) is 9.48 Å². The third-order valence-corrected chi connectivity index (χ3v) is 5.11. The standard InChI is InChI=1S/C20H16Cl2N4O2/c1-11-16(19(27)28-2)17(14-9-8-13(21)10-15(14)22)26-20(23-11)24-18(25-26)12-6-4-3-5-7-12/h3-10,17H,1-2H3,(H,23,24,25)/t17-/m0/s1. The highest BCUT2D eigenvalue weighted by Gasteiger charge is 2.36. The Morgan fingerprint density at radius 2 is 1.93 bits per heavy atom. The number of rotatable bonds is 3. The quantitative estimate of drug-likeness (QED) is 0.628. The zero-order chi connectivity index (χ0) is 19.8. The molecule has 0 aliphatic carbocycles. The van der Waals surface area contributed by atoms with E-state index in [-0.39, 0.29) is 0 Å². The molecule has 0 saturated heterocycles. The molecule has 0 fully saturated rings. The van der Waals surface area contributed by atoms with Gasteiger partial charge in [-0.05, 0) is 19.1 Å². The number of nitrogens with zero attached hydrogens (tertiary/aromatic N) is 3. The molecule has 1 atom stereocenters. The number of ether oxygens (including phenoxy) is 1. The fraction of sp³-hybridized carbons (Fsp3) is 0.150. The van der Waals surface area contributed by atoms with Gasteiger partial charge in [0.25, 0.3) is 0 Å². The summed E-state index contributed by atoms with van der Waals surface area (Å²) in [4.78, 5) is 17.2. The highest BCUT2D eigenvalue weighted by Crippen LogP contribution is 2.39. The van der Waals surface area contributed by atoms with Crippen molar-refractivity contribution in [1.82, 2.24) is 14.8 Å². The SMILES string of the molecule is COC(=O)C1=C(C)Nc2nc(-c3ccccc3)nn2[C@H]1c1ccc(Cl)cc1Cl. The van der Waals surface area contributed by atoms with Crippen molar-refractivity contribution in [2.75, 3.05) is 12.4 Å². The summed E-state index contributed by atoms with van der Waals surface area (Å²) in [7, 11) is 1.34. The van der Waals surface area contributed by atoms with Crippen molar-refractivity contribution >= 4 is 35.1 Å². The predicted octanol–water partition coefficient (Wildman–Crippen LogP) is 4.71. The van der Waals surface area contributed by atoms with Crippen LogP contribution in [-0.4, -0.2) is 27.8 Å². The predicted molar refractivity (Wildman–Crippen MR) is 108 cm³/mol. The third-order valence-electron chi connectivity index (χ3n) is 4.55. The average molecular weight is 415 g/mol. The Bertz CT molecular complexity index is 1090. The first-order valence-electron chi connectivity index (χ1n) is 8.52. The number of hydrogen-bond donors (Lipinski definition) is 1. The van der Waals surface area contributed by atoms with Gasteiger partial charge in [0, 0.05) is 26.9 Å². The first-order chi connectivity index (χ1) is 13.5. The zero-order valence-electron chi connectivity index (χ0n) is 15.1. The number of halogens is 2. The second kappa shape index (κ2) is 7.30. The van der Waals surface area contributed by atoms with E-state index in [0.29, 0.717) is 38.7 Å². The fourth-order valence-electron chi connectivity index (χ4n) is 3.25. The normalized spacial score (nSPS) is 15.8. The van der Waals surface area contributed by atoms with Crippen molar-refractivity contribution in [2.45, 2.75) is 13.0 Å². The molecule has 0 bridgehead atoms. The molecule has 0 radical (unpaired) electrons. The molecule has 0 unspecified atom stereocenters. The number of anilines is 1. The summed E-state index contributed by atoms with van der Waals surface area (Å²) in [6, 6.07) is 14.2. The number of esters is 1. The van der Waals surface area contributed by atoms with Crippen molar-refractivity contribution in [3.8, 4) is 11.4 Å². The van der Waals surface area contributed by atoms with E-state index >= 15 is 0 Å². The lowest BCUT2D eigenvalue weighted by atomic mass is 9.96. The highest BCUT2D eigenvalue weighted by molar-refractivity contribution is 6.35. The Balaban J connectivity index is 1.92. The van der Waals surface area contributed by atoms with Crippen LogP contribution < -0.4 is 5.32 Å². The minimum absolute atomic E-state index is 0.406. The van der Waals surface area contributed by atoms with Gasteiger partial charge in [0.15, 0.2) is 5.82 Å². The van der Waals surface area contributed by atoms with Crippen LogP contribution in [-0.2, 0) is 9.53 Å². The summed E-state index contributed by atoms with van der Waals surface area (Å²) >= 11 is 12.5. The maximum Gasteiger partial charge on any atom is 0.338 e. The molecular weight excluding hydrogens is 399 g/mol. The number of allylic oxidation sites excluding steroid dienone is 1. The molecular formula is C20H16Cl2N4O2. The molecule has 2 heterocycles. The maximum atomic E-state index is 12.6. The van der Waals surface area contributed by atoms with E-state index in [1.165, 1.54) is 7.11 Å². The monoisotopic (exact) mass is 414 g/mol. The van der Waals surface area contributed by atoms with Gasteiger partial charge in [0.1, 0.15) is 6.04 Å². The van der Waals surface area contributed by atoms with Crippen molar-refractivity contribution in [3.63, 3.8) is 0 Å². The Morgan fingerprint density at radius 1 is 1.18 bits per heavy atom. The van der Waals surface area contributed by atoms with Crippen LogP contribution in [0.25, 0.3) is 11.4 Å². The summed E-state index contributed by atoms with van der Waals surface area (Å²) < 4.78 is 6.66. The number of carbonyl (C=O) groups excluding carboxylic acids is 1. The number of nitrogens with one attached hydrogen (secondary N) is 1. The van der Waals surface area contributed by atoms with E-state index in [9.17, 15) is 4.79 Å². The van der Waals surface area contributed by atoms with Crippen molar-refractivity contribution in [1.29, 1.82) is 0 Å². The van der Waals surface area contributed by atoms with Gasteiger partial charge in [-0.3, -0.25) is 0 Å². The number of hydrogen-bond acceptors (Lipinski definition) is 5. The van der Waals surface area contributed by atoms with E-state index in [2.05, 4.69) is 15.4 Å². The molecule has 6 nitrogen and oxygen atoms in total. The van der Waals surface area contributed by atoms with Crippen LogP contribution in [0.3, 0.4) is 0 Å². The topological polar surface area (TPSA) is 69.0 Å². The first kappa shape index (κ1) is 18.5. The van der Waals surface area contributed by atoms with Crippen LogP contribution in [0, 0.1) is 0 Å². The molecule has 1 aliphatic rings. The Kier molecular flexibility index (Phi) is 4.83. The molecule has 1 aliphatic heterocycles. The lowest BCUT2D eigenvalue weighted by molar-refractivity contribution is -0.136. The molecule has 4 rings (SSSR count). The van der Waals surface area contributed by atoms with Gasteiger partial charge >= 0.3 is 5.97 Å². The number of methoxy groups -OCH3 is 1. The maximum absolute atomic E-state index is 12.6. The molecule has 1 aromatic heterocycles. The van der Waals surface area contributed by atoms with Gasteiger partial charge in [0.05, 0.1) is 12.7 Å². The lowest BCUT2D eigenvalue weighted by Crippen LogP contribution is -2.29. The van der Waals surface area contributed by atoms with Gasteiger partial charge in [0.2, 0.25) is 5.95 Å². The second-order valence-electron chi connectivity index (χ2n) is 6.29. The second-order valence-corrected chi connectivity index (χ2v) is 7.14. The number of benzene rings is 2. The Morgan fingerprint density at radius 3 is 2.61 bits per heavy atom. The van der Waals surface area contributed by atoms with Crippen LogP contribution in [0.5, 0.6) is 0 Å². The van der Waals surface area contributed by atoms with Crippen molar-refractivity contribution in [3.05, 3.63) is 75.4 Å². The third kappa shape index (κ3) is 3.15. The first-order valence-corrected chi connectivity index (χ1v) is 9.28. The summed E-state index contributed by atoms with van der Waals surface area (Å²) in [6.07, 6.45) is 0.